The van der Waals surface area contributed by atoms with E-state index in [1.807, 2.05) is 0 Å². The van der Waals surface area contributed by atoms with Gasteiger partial charge in [-0.25, -0.2) is 0 Å². The quantitative estimate of drug-likeness (QED) is 0.769. The molecule has 6 nitrogen and oxygen atoms in total. The Bertz CT molecular complexity index is 536. The minimum atomic E-state index is -0.406. The van der Waals surface area contributed by atoms with Gasteiger partial charge < -0.3 is 10.2 Å². The molecule has 0 spiro atoms. The summed E-state index contributed by atoms with van der Waals surface area (Å²) in [4.78, 5) is 23.1. The minimum Gasteiger partial charge on any atom is -0.469 e. The van der Waals surface area contributed by atoms with E-state index in [1.54, 1.807) is 12.1 Å². The summed E-state index contributed by atoms with van der Waals surface area (Å²) >= 11 is 0. The number of aromatic amines is 1. The van der Waals surface area contributed by atoms with Gasteiger partial charge in [0.2, 0.25) is 0 Å². The lowest BCUT2D eigenvalue weighted by Gasteiger charge is -1.98. The number of nitrogens with zero attached hydrogens (tertiary/aromatic N) is 1. The third-order valence-corrected chi connectivity index (χ3v) is 2.15. The molecule has 0 saturated carbocycles. The molecule has 6 heteroatoms. The molecule has 0 radical (unpaired) electrons. The van der Waals surface area contributed by atoms with Crippen LogP contribution in [0.4, 0.5) is 0 Å². The molecule has 0 aliphatic carbocycles. The number of carbonyl (C=O) groups is 1. The highest BCUT2D eigenvalue weighted by molar-refractivity contribution is 5.79. The van der Waals surface area contributed by atoms with Gasteiger partial charge in [-0.3, -0.25) is 14.7 Å². The highest BCUT2D eigenvalue weighted by Gasteiger charge is 2.12. The maximum atomic E-state index is 11.7. The van der Waals surface area contributed by atoms with Crippen LogP contribution in [0.25, 0.3) is 0 Å². The lowest BCUT2D eigenvalue weighted by molar-refractivity contribution is 0.0887. The number of nitrogens with one attached hydrogen (secondary N) is 1. The fourth-order valence-electron chi connectivity index (χ4n) is 1.38. The highest BCUT2D eigenvalue weighted by Crippen LogP contribution is 2.02. The number of H-pyrrole nitrogens is 1. The van der Waals surface area contributed by atoms with Crippen LogP contribution in [-0.4, -0.2) is 15.7 Å². The summed E-state index contributed by atoms with van der Waals surface area (Å²) in [6.45, 7) is 0.191. The summed E-state index contributed by atoms with van der Waals surface area (Å²) in [5.74, 6) is 0.139. The van der Waals surface area contributed by atoms with Crippen LogP contribution in [0.15, 0.2) is 33.7 Å². The SMILES string of the molecule is NCc1cc(=O)n(C(=O)Cc2ccco2)[nH]1. The van der Waals surface area contributed by atoms with Crippen molar-refractivity contribution in [3.63, 3.8) is 0 Å². The Morgan fingerprint density at radius 2 is 2.38 bits per heavy atom. The summed E-state index contributed by atoms with van der Waals surface area (Å²) in [5.41, 5.74) is 5.48. The van der Waals surface area contributed by atoms with Gasteiger partial charge in [0.05, 0.1) is 18.4 Å². The standard InChI is InChI=1S/C10H11N3O3/c11-6-7-4-9(14)13(12-7)10(15)5-8-2-1-3-16-8/h1-4,12H,5-6,11H2. The zero-order valence-corrected chi connectivity index (χ0v) is 8.47. The van der Waals surface area contributed by atoms with E-state index in [0.717, 1.165) is 4.68 Å². The Labute approximate surface area is 90.6 Å². The summed E-state index contributed by atoms with van der Waals surface area (Å²) in [7, 11) is 0. The lowest BCUT2D eigenvalue weighted by Crippen LogP contribution is -2.25. The normalized spacial score (nSPS) is 10.6. The van der Waals surface area contributed by atoms with Gasteiger partial charge in [-0.1, -0.05) is 0 Å². The molecule has 0 atom stereocenters. The average Bonchev–Trinajstić information content (AvgIpc) is 2.87. The van der Waals surface area contributed by atoms with Crippen LogP contribution < -0.4 is 11.3 Å². The van der Waals surface area contributed by atoms with Gasteiger partial charge >= 0.3 is 0 Å². The van der Waals surface area contributed by atoms with E-state index in [0.29, 0.717) is 11.5 Å². The monoisotopic (exact) mass is 221 g/mol. The van der Waals surface area contributed by atoms with Crippen molar-refractivity contribution in [2.75, 3.05) is 0 Å². The van der Waals surface area contributed by atoms with Gasteiger partial charge in [0.1, 0.15) is 5.76 Å². The summed E-state index contributed by atoms with van der Waals surface area (Å²) in [6.07, 6.45) is 1.52. The number of carbonyl (C=O) groups excluding carboxylic acids is 1. The van der Waals surface area contributed by atoms with Gasteiger partial charge in [-0.05, 0) is 12.1 Å². The summed E-state index contributed by atoms with van der Waals surface area (Å²) in [5, 5.41) is 2.63. The number of aromatic nitrogens is 2. The number of rotatable bonds is 3. The molecule has 0 fully saturated rings. The van der Waals surface area contributed by atoms with Crippen molar-refractivity contribution in [2.45, 2.75) is 13.0 Å². The molecular weight excluding hydrogens is 210 g/mol. The molecule has 0 aliphatic rings. The van der Waals surface area contributed by atoms with E-state index in [1.165, 1.54) is 12.3 Å². The van der Waals surface area contributed by atoms with E-state index in [2.05, 4.69) is 5.10 Å². The first-order valence-electron chi connectivity index (χ1n) is 4.77. The first-order valence-corrected chi connectivity index (χ1v) is 4.77. The van der Waals surface area contributed by atoms with E-state index in [-0.39, 0.29) is 18.9 Å². The number of nitrogens with two attached hydrogens (primary N) is 1. The average molecular weight is 221 g/mol. The van der Waals surface area contributed by atoms with Crippen LogP contribution >= 0.6 is 0 Å². The lowest BCUT2D eigenvalue weighted by atomic mass is 10.3. The smallest absolute Gasteiger partial charge is 0.273 e. The maximum absolute atomic E-state index is 11.7. The second-order valence-electron chi connectivity index (χ2n) is 3.31. The molecule has 0 aliphatic heterocycles. The molecule has 2 aromatic rings. The van der Waals surface area contributed by atoms with Gasteiger partial charge in [-0.2, -0.15) is 4.68 Å². The number of hydrogen-bond donors (Lipinski definition) is 2. The zero-order chi connectivity index (χ0) is 11.5. The molecule has 0 saturated heterocycles. The van der Waals surface area contributed by atoms with Crippen LogP contribution in [-0.2, 0) is 13.0 Å². The van der Waals surface area contributed by atoms with E-state index >= 15 is 0 Å². The van der Waals surface area contributed by atoms with Gasteiger partial charge in [0.15, 0.2) is 0 Å². The van der Waals surface area contributed by atoms with Crippen molar-refractivity contribution in [3.05, 3.63) is 46.3 Å². The Balaban J connectivity index is 2.21. The van der Waals surface area contributed by atoms with Gasteiger partial charge in [-0.15, -0.1) is 0 Å². The van der Waals surface area contributed by atoms with Crippen molar-refractivity contribution in [1.82, 2.24) is 9.78 Å². The largest absolute Gasteiger partial charge is 0.469 e. The van der Waals surface area contributed by atoms with E-state index in [4.69, 9.17) is 10.2 Å². The Hall–Kier alpha value is -2.08. The summed E-state index contributed by atoms with van der Waals surface area (Å²) in [6, 6.07) is 4.67. The van der Waals surface area contributed by atoms with Crippen LogP contribution in [0.5, 0.6) is 0 Å². The number of furan rings is 1. The third kappa shape index (κ3) is 1.96. The predicted octanol–water partition coefficient (Wildman–Crippen LogP) is 0.111. The van der Waals surface area contributed by atoms with E-state index < -0.39 is 5.56 Å². The Morgan fingerprint density at radius 3 is 2.94 bits per heavy atom. The van der Waals surface area contributed by atoms with Crippen molar-refractivity contribution >= 4 is 5.91 Å². The second kappa shape index (κ2) is 4.19. The molecular formula is C10H11N3O3. The first kappa shape index (κ1) is 10.4. The Kier molecular flexibility index (Phi) is 2.74. The maximum Gasteiger partial charge on any atom is 0.273 e. The van der Waals surface area contributed by atoms with Crippen molar-refractivity contribution in [3.8, 4) is 0 Å². The fraction of sp³-hybridized carbons (Fsp3) is 0.200. The van der Waals surface area contributed by atoms with Crippen LogP contribution in [0.2, 0.25) is 0 Å². The molecule has 0 aromatic carbocycles. The highest BCUT2D eigenvalue weighted by atomic mass is 16.3. The molecule has 2 rings (SSSR count). The molecule has 84 valence electrons. The Morgan fingerprint density at radius 1 is 1.56 bits per heavy atom. The molecule has 2 aromatic heterocycles. The predicted molar refractivity (Wildman–Crippen MR) is 56.0 cm³/mol. The number of hydrogen-bond acceptors (Lipinski definition) is 4. The molecule has 0 bridgehead atoms. The van der Waals surface area contributed by atoms with Gasteiger partial charge in [0, 0.05) is 12.6 Å². The third-order valence-electron chi connectivity index (χ3n) is 2.15. The van der Waals surface area contributed by atoms with E-state index in [9.17, 15) is 9.59 Å². The first-order chi connectivity index (χ1) is 7.70. The van der Waals surface area contributed by atoms with Crippen molar-refractivity contribution in [1.29, 1.82) is 0 Å². The van der Waals surface area contributed by atoms with Gasteiger partial charge in [0.25, 0.3) is 11.5 Å². The minimum absolute atomic E-state index is 0.0391. The molecule has 0 unspecified atom stereocenters. The molecule has 0 amide bonds. The van der Waals surface area contributed by atoms with Crippen molar-refractivity contribution < 1.29 is 9.21 Å². The van der Waals surface area contributed by atoms with Crippen LogP contribution in [0.1, 0.15) is 16.2 Å². The molecule has 3 N–H and O–H groups in total. The van der Waals surface area contributed by atoms with Crippen molar-refractivity contribution in [2.24, 2.45) is 5.73 Å². The van der Waals surface area contributed by atoms with Crippen LogP contribution in [0.3, 0.4) is 0 Å². The zero-order valence-electron chi connectivity index (χ0n) is 8.47. The summed E-state index contributed by atoms with van der Waals surface area (Å²) < 4.78 is 5.96. The molecule has 2 heterocycles. The fourth-order valence-corrected chi connectivity index (χ4v) is 1.38. The topological polar surface area (TPSA) is 94.0 Å². The molecule has 16 heavy (non-hydrogen) atoms. The second-order valence-corrected chi connectivity index (χ2v) is 3.31. The van der Waals surface area contributed by atoms with Crippen LogP contribution in [0, 0.1) is 0 Å².